The van der Waals surface area contributed by atoms with E-state index in [0.29, 0.717) is 33.7 Å². The van der Waals surface area contributed by atoms with Crippen LogP contribution in [0.5, 0.6) is 5.75 Å². The molecule has 1 aliphatic rings. The summed E-state index contributed by atoms with van der Waals surface area (Å²) >= 11 is 5.74. The Morgan fingerprint density at radius 2 is 1.94 bits per heavy atom. The Labute approximate surface area is 192 Å². The highest BCUT2D eigenvalue weighted by molar-refractivity contribution is 7.80. The molecular weight excluding hydrogens is 424 g/mol. The number of carbonyl (C=O) groups excluding carboxylic acids is 1. The number of allylic oxidation sites excluding steroid dienone is 1. The number of rotatable bonds is 5. The van der Waals surface area contributed by atoms with E-state index in [1.54, 1.807) is 20.1 Å². The van der Waals surface area contributed by atoms with Crippen molar-refractivity contribution in [3.63, 3.8) is 0 Å². The Morgan fingerprint density at radius 3 is 2.62 bits per heavy atom. The molecule has 0 aliphatic carbocycles. The summed E-state index contributed by atoms with van der Waals surface area (Å²) in [5.41, 5.74) is 3.99. The van der Waals surface area contributed by atoms with Crippen molar-refractivity contribution < 1.29 is 14.1 Å². The summed E-state index contributed by atoms with van der Waals surface area (Å²) in [5.74, 6) is 1.32. The molecule has 7 nitrogen and oxygen atoms in total. The van der Waals surface area contributed by atoms with E-state index in [4.69, 9.17) is 21.5 Å². The van der Waals surface area contributed by atoms with Gasteiger partial charge in [-0.05, 0) is 50.7 Å². The van der Waals surface area contributed by atoms with Crippen molar-refractivity contribution in [1.82, 2.24) is 10.5 Å². The van der Waals surface area contributed by atoms with Crippen molar-refractivity contribution in [2.45, 2.75) is 26.8 Å². The summed E-state index contributed by atoms with van der Waals surface area (Å²) in [5, 5.41) is 10.6. The van der Waals surface area contributed by atoms with Gasteiger partial charge in [-0.2, -0.15) is 0 Å². The van der Waals surface area contributed by atoms with Crippen LogP contribution in [0.25, 0.3) is 0 Å². The number of para-hydroxylation sites is 2. The molecule has 8 heteroatoms. The molecule has 0 spiro atoms. The average Bonchev–Trinajstić information content (AvgIpc) is 3.18. The predicted octanol–water partition coefficient (Wildman–Crippen LogP) is 4.65. The van der Waals surface area contributed by atoms with E-state index < -0.39 is 6.04 Å². The van der Waals surface area contributed by atoms with Crippen LogP contribution >= 0.6 is 12.2 Å². The van der Waals surface area contributed by atoms with Crippen molar-refractivity contribution in [2.24, 2.45) is 0 Å². The van der Waals surface area contributed by atoms with Crippen molar-refractivity contribution in [2.75, 3.05) is 17.3 Å². The Hall–Kier alpha value is -3.65. The van der Waals surface area contributed by atoms with Crippen LogP contribution in [0.3, 0.4) is 0 Å². The highest BCUT2D eigenvalue weighted by Gasteiger charge is 2.35. The maximum atomic E-state index is 13.5. The molecule has 2 aromatic carbocycles. The van der Waals surface area contributed by atoms with E-state index in [2.05, 4.69) is 15.8 Å². The summed E-state index contributed by atoms with van der Waals surface area (Å²) < 4.78 is 10.6. The lowest BCUT2D eigenvalue weighted by Crippen LogP contribution is -2.48. The fraction of sp³-hybridized carbons (Fsp3) is 0.208. The molecule has 0 saturated carbocycles. The number of hydrogen-bond acceptors (Lipinski definition) is 5. The Morgan fingerprint density at radius 1 is 1.16 bits per heavy atom. The molecule has 164 valence electrons. The predicted molar refractivity (Wildman–Crippen MR) is 128 cm³/mol. The van der Waals surface area contributed by atoms with Gasteiger partial charge >= 0.3 is 0 Å². The van der Waals surface area contributed by atoms with E-state index in [1.807, 2.05) is 67.3 Å². The number of carbonyl (C=O) groups is 1. The van der Waals surface area contributed by atoms with Gasteiger partial charge in [-0.1, -0.05) is 47.1 Å². The second kappa shape index (κ2) is 8.84. The zero-order chi connectivity index (χ0) is 22.8. The average molecular weight is 449 g/mol. The molecule has 1 aliphatic heterocycles. The SMILES string of the molecule is COc1ccccc1N1C(=S)N[C@H](c2cccc(C)c2)C(C(=O)Nc2cc(C)on2)=C1C. The number of nitrogens with zero attached hydrogens (tertiary/aromatic N) is 2. The lowest BCUT2D eigenvalue weighted by molar-refractivity contribution is -0.113. The van der Waals surface area contributed by atoms with Crippen LogP contribution in [-0.2, 0) is 4.79 Å². The number of methoxy groups -OCH3 is 1. The normalized spacial score (nSPS) is 16.1. The second-order valence-corrected chi connectivity index (χ2v) is 7.97. The van der Waals surface area contributed by atoms with E-state index in [1.165, 1.54) is 0 Å². The molecule has 0 saturated heterocycles. The number of thiocarbonyl (C=S) groups is 1. The fourth-order valence-corrected chi connectivity index (χ4v) is 4.20. The van der Waals surface area contributed by atoms with Gasteiger partial charge < -0.3 is 19.9 Å². The molecule has 2 heterocycles. The van der Waals surface area contributed by atoms with Gasteiger partial charge in [0, 0.05) is 11.8 Å². The number of aromatic nitrogens is 1. The number of aryl methyl sites for hydroxylation is 2. The van der Waals surface area contributed by atoms with Crippen LogP contribution in [0.4, 0.5) is 11.5 Å². The Kier molecular flexibility index (Phi) is 5.96. The van der Waals surface area contributed by atoms with Gasteiger partial charge in [-0.3, -0.25) is 9.69 Å². The van der Waals surface area contributed by atoms with E-state index in [9.17, 15) is 4.79 Å². The third-order valence-corrected chi connectivity index (χ3v) is 5.60. The summed E-state index contributed by atoms with van der Waals surface area (Å²) in [4.78, 5) is 15.3. The van der Waals surface area contributed by atoms with Crippen molar-refractivity contribution in [3.8, 4) is 5.75 Å². The smallest absolute Gasteiger partial charge is 0.257 e. The van der Waals surface area contributed by atoms with Gasteiger partial charge in [0.25, 0.3) is 5.91 Å². The third kappa shape index (κ3) is 4.09. The molecule has 0 unspecified atom stereocenters. The largest absolute Gasteiger partial charge is 0.495 e. The first-order valence-corrected chi connectivity index (χ1v) is 10.6. The molecule has 1 aromatic heterocycles. The first-order valence-electron chi connectivity index (χ1n) is 10.1. The van der Waals surface area contributed by atoms with Crippen LogP contribution < -0.4 is 20.3 Å². The maximum Gasteiger partial charge on any atom is 0.257 e. The monoisotopic (exact) mass is 448 g/mol. The van der Waals surface area contributed by atoms with Gasteiger partial charge in [-0.15, -0.1) is 0 Å². The molecular formula is C24H24N4O3S. The van der Waals surface area contributed by atoms with Gasteiger partial charge in [0.05, 0.1) is 24.4 Å². The highest BCUT2D eigenvalue weighted by Crippen LogP contribution is 2.38. The number of nitrogens with one attached hydrogen (secondary N) is 2. The number of ether oxygens (including phenoxy) is 1. The molecule has 0 fully saturated rings. The van der Waals surface area contributed by atoms with Crippen LogP contribution in [0.15, 0.2) is 70.4 Å². The number of hydrogen-bond donors (Lipinski definition) is 2. The van der Waals surface area contributed by atoms with Crippen molar-refractivity contribution in [1.29, 1.82) is 0 Å². The lowest BCUT2D eigenvalue weighted by atomic mass is 9.93. The van der Waals surface area contributed by atoms with Gasteiger partial charge in [0.1, 0.15) is 11.5 Å². The molecule has 0 radical (unpaired) electrons. The van der Waals surface area contributed by atoms with Crippen LogP contribution in [0.1, 0.15) is 29.9 Å². The molecule has 0 bridgehead atoms. The lowest BCUT2D eigenvalue weighted by Gasteiger charge is -2.38. The van der Waals surface area contributed by atoms with Crippen LogP contribution in [0.2, 0.25) is 0 Å². The Bertz CT molecular complexity index is 1220. The summed E-state index contributed by atoms with van der Waals surface area (Å²) in [6.07, 6.45) is 0. The quantitative estimate of drug-likeness (QED) is 0.550. The number of amides is 1. The zero-order valence-electron chi connectivity index (χ0n) is 18.3. The number of benzene rings is 2. The minimum atomic E-state index is -0.429. The first-order chi connectivity index (χ1) is 15.4. The minimum Gasteiger partial charge on any atom is -0.495 e. The van der Waals surface area contributed by atoms with Gasteiger partial charge in [0.15, 0.2) is 10.9 Å². The van der Waals surface area contributed by atoms with Crippen molar-refractivity contribution in [3.05, 3.63) is 82.8 Å². The summed E-state index contributed by atoms with van der Waals surface area (Å²) in [6, 6.07) is 16.8. The van der Waals surface area contributed by atoms with Crippen LogP contribution in [0, 0.1) is 13.8 Å². The summed E-state index contributed by atoms with van der Waals surface area (Å²) in [6.45, 7) is 5.67. The van der Waals surface area contributed by atoms with E-state index in [-0.39, 0.29) is 5.91 Å². The Balaban J connectivity index is 1.84. The fourth-order valence-electron chi connectivity index (χ4n) is 3.85. The van der Waals surface area contributed by atoms with Gasteiger partial charge in [-0.25, -0.2) is 0 Å². The molecule has 32 heavy (non-hydrogen) atoms. The summed E-state index contributed by atoms with van der Waals surface area (Å²) in [7, 11) is 1.61. The van der Waals surface area contributed by atoms with Gasteiger partial charge in [0.2, 0.25) is 0 Å². The molecule has 2 N–H and O–H groups in total. The zero-order valence-corrected chi connectivity index (χ0v) is 19.1. The minimum absolute atomic E-state index is 0.294. The number of anilines is 2. The standard InChI is InChI=1S/C24H24N4O3S/c1-14-8-7-9-17(12-14)22-21(23(29)25-20-13-15(2)31-27-20)16(3)28(24(32)26-22)18-10-5-6-11-19(18)30-4/h5-13,22H,1-4H3,(H,26,32)(H,25,27,29)/t22-/m1/s1. The molecule has 3 aromatic rings. The third-order valence-electron chi connectivity index (χ3n) is 5.30. The topological polar surface area (TPSA) is 79.6 Å². The van der Waals surface area contributed by atoms with E-state index in [0.717, 1.165) is 16.8 Å². The maximum absolute atomic E-state index is 13.5. The molecule has 4 rings (SSSR count). The van der Waals surface area contributed by atoms with Crippen molar-refractivity contribution >= 4 is 34.7 Å². The molecule has 1 amide bonds. The van der Waals surface area contributed by atoms with Crippen LogP contribution in [-0.4, -0.2) is 23.3 Å². The second-order valence-electron chi connectivity index (χ2n) is 7.58. The van der Waals surface area contributed by atoms with E-state index >= 15 is 0 Å². The first kappa shape index (κ1) is 21.6. The highest BCUT2D eigenvalue weighted by atomic mass is 32.1. The molecule has 1 atom stereocenters.